The Bertz CT molecular complexity index is 701. The molecule has 0 spiro atoms. The predicted octanol–water partition coefficient (Wildman–Crippen LogP) is 4.43. The van der Waals surface area contributed by atoms with Crippen LogP contribution in [-0.4, -0.2) is 11.1 Å². The van der Waals surface area contributed by atoms with E-state index in [1.165, 1.54) is 0 Å². The maximum Gasteiger partial charge on any atom is 0.323 e. The summed E-state index contributed by atoms with van der Waals surface area (Å²) >= 11 is 6.37. The molecular weight excluding hydrogens is 402 g/mol. The number of aromatic hydroxyl groups is 1. The molecule has 0 aliphatic carbocycles. The Morgan fingerprint density at radius 2 is 1.57 bits per heavy atom. The maximum atomic E-state index is 11.9. The van der Waals surface area contributed by atoms with E-state index in [1.807, 2.05) is 6.07 Å². The second kappa shape index (κ2) is 6.61. The zero-order chi connectivity index (χ0) is 15.4. The largest absolute Gasteiger partial charge is 0.506 e. The number of hydrogen-bond acceptors (Lipinski definition) is 3. The van der Waals surface area contributed by atoms with Crippen LogP contribution in [-0.2, 0) is 0 Å². The molecule has 106 valence electrons. The van der Waals surface area contributed by atoms with Crippen LogP contribution in [0.15, 0.2) is 45.3 Å². The van der Waals surface area contributed by atoms with Crippen molar-refractivity contribution < 1.29 is 9.90 Å². The minimum Gasteiger partial charge on any atom is -0.506 e. The number of benzene rings is 2. The standard InChI is InChI=1S/C14H9Br2N3O2/c15-11-5-10(6-12(16)13(11)20)19-14(21)18-9-3-1-8(7-17)2-4-9/h1-6,20H,(H2,18,19,21). The molecule has 2 aromatic rings. The van der Waals surface area contributed by atoms with Gasteiger partial charge in [0.05, 0.1) is 20.6 Å². The van der Waals surface area contributed by atoms with Gasteiger partial charge in [0.25, 0.3) is 0 Å². The summed E-state index contributed by atoms with van der Waals surface area (Å²) in [6, 6.07) is 11.2. The van der Waals surface area contributed by atoms with E-state index in [0.717, 1.165) is 0 Å². The molecule has 21 heavy (non-hydrogen) atoms. The highest BCUT2D eigenvalue weighted by Crippen LogP contribution is 2.35. The van der Waals surface area contributed by atoms with Crippen molar-refractivity contribution >= 4 is 49.3 Å². The molecule has 2 amide bonds. The Morgan fingerprint density at radius 3 is 2.10 bits per heavy atom. The van der Waals surface area contributed by atoms with E-state index in [1.54, 1.807) is 36.4 Å². The van der Waals surface area contributed by atoms with Crippen molar-refractivity contribution in [1.29, 1.82) is 5.26 Å². The van der Waals surface area contributed by atoms with Crippen molar-refractivity contribution in [2.24, 2.45) is 0 Å². The summed E-state index contributed by atoms with van der Waals surface area (Å²) < 4.78 is 0.927. The smallest absolute Gasteiger partial charge is 0.323 e. The van der Waals surface area contributed by atoms with Gasteiger partial charge in [0.1, 0.15) is 5.75 Å². The van der Waals surface area contributed by atoms with Crippen molar-refractivity contribution in [2.75, 3.05) is 10.6 Å². The number of carbonyl (C=O) groups excluding carboxylic acids is 1. The number of anilines is 2. The lowest BCUT2D eigenvalue weighted by Gasteiger charge is -2.09. The summed E-state index contributed by atoms with van der Waals surface area (Å²) in [5.41, 5.74) is 1.61. The van der Waals surface area contributed by atoms with Crippen LogP contribution >= 0.6 is 31.9 Å². The molecule has 0 aliphatic rings. The van der Waals surface area contributed by atoms with Gasteiger partial charge in [-0.15, -0.1) is 0 Å². The van der Waals surface area contributed by atoms with Crippen molar-refractivity contribution in [3.63, 3.8) is 0 Å². The quantitative estimate of drug-likeness (QED) is 0.640. The molecule has 0 aliphatic heterocycles. The van der Waals surface area contributed by atoms with Crippen molar-refractivity contribution in [3.8, 4) is 11.8 Å². The van der Waals surface area contributed by atoms with E-state index in [9.17, 15) is 9.90 Å². The molecule has 5 nitrogen and oxygen atoms in total. The number of carbonyl (C=O) groups is 1. The number of halogens is 2. The molecule has 0 fully saturated rings. The summed E-state index contributed by atoms with van der Waals surface area (Å²) in [7, 11) is 0. The number of nitriles is 1. The normalized spacial score (nSPS) is 9.76. The minimum absolute atomic E-state index is 0.0630. The third kappa shape index (κ3) is 3.97. The van der Waals surface area contributed by atoms with Crippen molar-refractivity contribution in [1.82, 2.24) is 0 Å². The number of amides is 2. The van der Waals surface area contributed by atoms with E-state index in [2.05, 4.69) is 42.5 Å². The summed E-state index contributed by atoms with van der Waals surface area (Å²) in [6.07, 6.45) is 0. The highest BCUT2D eigenvalue weighted by molar-refractivity contribution is 9.11. The molecule has 2 aromatic carbocycles. The predicted molar refractivity (Wildman–Crippen MR) is 87.3 cm³/mol. The van der Waals surface area contributed by atoms with Gasteiger partial charge >= 0.3 is 6.03 Å². The fourth-order valence-electron chi connectivity index (χ4n) is 1.56. The molecule has 0 unspecified atom stereocenters. The molecule has 0 heterocycles. The summed E-state index contributed by atoms with van der Waals surface area (Å²) in [6.45, 7) is 0. The molecule has 0 aromatic heterocycles. The van der Waals surface area contributed by atoms with Gasteiger partial charge in [-0.3, -0.25) is 0 Å². The Morgan fingerprint density at radius 1 is 1.05 bits per heavy atom. The zero-order valence-electron chi connectivity index (χ0n) is 10.5. The Labute approximate surface area is 137 Å². The van der Waals surface area contributed by atoms with Crippen LogP contribution in [0.1, 0.15) is 5.56 Å². The van der Waals surface area contributed by atoms with Gasteiger partial charge in [0, 0.05) is 11.4 Å². The fourth-order valence-corrected chi connectivity index (χ4v) is 2.75. The van der Waals surface area contributed by atoms with Gasteiger partial charge in [0.2, 0.25) is 0 Å². The Hall–Kier alpha value is -2.04. The van der Waals surface area contributed by atoms with Gasteiger partial charge in [-0.25, -0.2) is 4.79 Å². The van der Waals surface area contributed by atoms with Crippen LogP contribution in [0.2, 0.25) is 0 Å². The lowest BCUT2D eigenvalue weighted by atomic mass is 10.2. The number of hydrogen-bond donors (Lipinski definition) is 3. The van der Waals surface area contributed by atoms with Crippen LogP contribution in [0.4, 0.5) is 16.2 Å². The SMILES string of the molecule is N#Cc1ccc(NC(=O)Nc2cc(Br)c(O)c(Br)c2)cc1. The highest BCUT2D eigenvalue weighted by atomic mass is 79.9. The van der Waals surface area contributed by atoms with Gasteiger partial charge in [0.15, 0.2) is 0 Å². The van der Waals surface area contributed by atoms with Crippen LogP contribution in [0.25, 0.3) is 0 Å². The first kappa shape index (κ1) is 15.4. The molecule has 0 atom stereocenters. The fraction of sp³-hybridized carbons (Fsp3) is 0. The van der Waals surface area contributed by atoms with Crippen molar-refractivity contribution in [2.45, 2.75) is 0 Å². The number of phenols is 1. The Kier molecular flexibility index (Phi) is 4.83. The average molecular weight is 411 g/mol. The van der Waals surface area contributed by atoms with E-state index in [4.69, 9.17) is 5.26 Å². The third-order valence-electron chi connectivity index (χ3n) is 2.55. The number of rotatable bonds is 2. The second-order valence-corrected chi connectivity index (χ2v) is 5.77. The maximum absolute atomic E-state index is 11.9. The topological polar surface area (TPSA) is 85.2 Å². The molecular formula is C14H9Br2N3O2. The van der Waals surface area contributed by atoms with Gasteiger partial charge < -0.3 is 15.7 Å². The molecule has 3 N–H and O–H groups in total. The van der Waals surface area contributed by atoms with Crippen LogP contribution in [0, 0.1) is 11.3 Å². The first-order valence-corrected chi connectivity index (χ1v) is 7.34. The van der Waals surface area contributed by atoms with E-state index >= 15 is 0 Å². The molecule has 0 saturated heterocycles. The Balaban J connectivity index is 2.06. The van der Waals surface area contributed by atoms with E-state index in [-0.39, 0.29) is 5.75 Å². The monoisotopic (exact) mass is 409 g/mol. The molecule has 0 bridgehead atoms. The van der Waals surface area contributed by atoms with Gasteiger partial charge in [-0.1, -0.05) is 0 Å². The van der Waals surface area contributed by atoms with Crippen LogP contribution in [0.5, 0.6) is 5.75 Å². The lowest BCUT2D eigenvalue weighted by molar-refractivity contribution is 0.262. The second-order valence-electron chi connectivity index (χ2n) is 4.06. The molecule has 0 radical (unpaired) electrons. The number of nitrogens with one attached hydrogen (secondary N) is 2. The zero-order valence-corrected chi connectivity index (χ0v) is 13.7. The minimum atomic E-state index is -0.427. The number of phenolic OH excluding ortho intramolecular Hbond substituents is 1. The molecule has 0 saturated carbocycles. The highest BCUT2D eigenvalue weighted by Gasteiger charge is 2.08. The average Bonchev–Trinajstić information content (AvgIpc) is 2.45. The summed E-state index contributed by atoms with van der Waals surface area (Å²) in [5.74, 6) is 0.0630. The summed E-state index contributed by atoms with van der Waals surface area (Å²) in [4.78, 5) is 11.9. The first-order valence-electron chi connectivity index (χ1n) is 5.76. The summed E-state index contributed by atoms with van der Waals surface area (Å²) in [5, 5.41) is 23.6. The number of nitrogens with zero attached hydrogens (tertiary/aromatic N) is 1. The van der Waals surface area contributed by atoms with Crippen LogP contribution < -0.4 is 10.6 Å². The van der Waals surface area contributed by atoms with Crippen LogP contribution in [0.3, 0.4) is 0 Å². The van der Waals surface area contributed by atoms with Crippen molar-refractivity contribution in [3.05, 3.63) is 50.9 Å². The van der Waals surface area contributed by atoms with E-state index < -0.39 is 6.03 Å². The number of urea groups is 1. The van der Waals surface area contributed by atoms with Gasteiger partial charge in [-0.2, -0.15) is 5.26 Å². The first-order chi connectivity index (χ1) is 9.99. The molecule has 7 heteroatoms. The third-order valence-corrected chi connectivity index (χ3v) is 3.76. The van der Waals surface area contributed by atoms with Gasteiger partial charge in [-0.05, 0) is 68.3 Å². The molecule has 2 rings (SSSR count). The van der Waals surface area contributed by atoms with E-state index in [0.29, 0.717) is 25.9 Å². The lowest BCUT2D eigenvalue weighted by Crippen LogP contribution is -2.19.